The molecule has 1 N–H and O–H groups in total. The summed E-state index contributed by atoms with van der Waals surface area (Å²) in [7, 11) is 0. The molecule has 2 aliphatic rings. The van der Waals surface area contributed by atoms with Gasteiger partial charge in [-0.25, -0.2) is 0 Å². The summed E-state index contributed by atoms with van der Waals surface area (Å²) >= 11 is 2.14. The van der Waals surface area contributed by atoms with E-state index in [1.807, 2.05) is 0 Å². The fraction of sp³-hybridized carbons (Fsp3) is 1.00. The standard InChI is InChI=1S/C17H33NOS/c1-6-20-14-8-7-13(9-14)18-15-10-16(17(15,4)5)19-11-12(2)3/h12-16,18H,6-11H2,1-5H3. The van der Waals surface area contributed by atoms with Gasteiger partial charge in [-0.1, -0.05) is 34.6 Å². The van der Waals surface area contributed by atoms with Gasteiger partial charge in [-0.15, -0.1) is 0 Å². The highest BCUT2D eigenvalue weighted by Gasteiger charge is 2.49. The molecular weight excluding hydrogens is 266 g/mol. The molecule has 4 atom stereocenters. The monoisotopic (exact) mass is 299 g/mol. The Morgan fingerprint density at radius 1 is 1.25 bits per heavy atom. The maximum absolute atomic E-state index is 6.06. The summed E-state index contributed by atoms with van der Waals surface area (Å²) in [5.74, 6) is 1.90. The van der Waals surface area contributed by atoms with Crippen molar-refractivity contribution in [2.75, 3.05) is 12.4 Å². The molecule has 4 unspecified atom stereocenters. The van der Waals surface area contributed by atoms with Crippen molar-refractivity contribution in [2.45, 2.75) is 83.7 Å². The Kier molecular flexibility index (Phi) is 5.84. The van der Waals surface area contributed by atoms with Crippen molar-refractivity contribution in [3.63, 3.8) is 0 Å². The van der Waals surface area contributed by atoms with Gasteiger partial charge in [0.05, 0.1) is 6.10 Å². The van der Waals surface area contributed by atoms with Gasteiger partial charge in [0.15, 0.2) is 0 Å². The van der Waals surface area contributed by atoms with Crippen molar-refractivity contribution < 1.29 is 4.74 Å². The molecule has 118 valence electrons. The van der Waals surface area contributed by atoms with Crippen molar-refractivity contribution in [3.8, 4) is 0 Å². The van der Waals surface area contributed by atoms with Crippen LogP contribution in [0.5, 0.6) is 0 Å². The normalized spacial score (nSPS) is 36.3. The van der Waals surface area contributed by atoms with Crippen molar-refractivity contribution in [2.24, 2.45) is 11.3 Å². The molecule has 0 aromatic carbocycles. The summed E-state index contributed by atoms with van der Waals surface area (Å²) in [6, 6.07) is 1.39. The predicted octanol–water partition coefficient (Wildman–Crippen LogP) is 4.09. The lowest BCUT2D eigenvalue weighted by atomic mass is 9.64. The van der Waals surface area contributed by atoms with Gasteiger partial charge >= 0.3 is 0 Å². The van der Waals surface area contributed by atoms with Crippen LogP contribution in [0.25, 0.3) is 0 Å². The average Bonchev–Trinajstić information content (AvgIpc) is 2.80. The molecule has 0 amide bonds. The van der Waals surface area contributed by atoms with Crippen LogP contribution in [0.2, 0.25) is 0 Å². The summed E-state index contributed by atoms with van der Waals surface area (Å²) in [5.41, 5.74) is 0.297. The third-order valence-electron chi connectivity index (χ3n) is 5.03. The second kappa shape index (κ2) is 7.02. The molecule has 0 aromatic rings. The molecule has 2 nitrogen and oxygen atoms in total. The Morgan fingerprint density at radius 2 is 2.00 bits per heavy atom. The zero-order valence-electron chi connectivity index (χ0n) is 13.9. The van der Waals surface area contributed by atoms with Gasteiger partial charge in [-0.05, 0) is 37.4 Å². The minimum Gasteiger partial charge on any atom is -0.377 e. The molecular formula is C17H33NOS. The number of rotatable bonds is 7. The molecule has 0 bridgehead atoms. The third kappa shape index (κ3) is 3.92. The highest BCUT2D eigenvalue weighted by atomic mass is 32.2. The summed E-state index contributed by atoms with van der Waals surface area (Å²) < 4.78 is 6.06. The van der Waals surface area contributed by atoms with Gasteiger partial charge < -0.3 is 10.1 Å². The molecule has 2 rings (SSSR count). The van der Waals surface area contributed by atoms with E-state index in [9.17, 15) is 0 Å². The van der Waals surface area contributed by atoms with Crippen molar-refractivity contribution in [1.29, 1.82) is 0 Å². The molecule has 0 radical (unpaired) electrons. The average molecular weight is 300 g/mol. The zero-order chi connectivity index (χ0) is 14.8. The first-order valence-electron chi connectivity index (χ1n) is 8.42. The van der Waals surface area contributed by atoms with E-state index in [0.717, 1.165) is 17.9 Å². The van der Waals surface area contributed by atoms with Crippen LogP contribution in [0.15, 0.2) is 0 Å². The largest absolute Gasteiger partial charge is 0.377 e. The molecule has 0 aliphatic heterocycles. The first-order valence-corrected chi connectivity index (χ1v) is 9.47. The Balaban J connectivity index is 1.73. The highest BCUT2D eigenvalue weighted by molar-refractivity contribution is 7.99. The number of nitrogens with one attached hydrogen (secondary N) is 1. The molecule has 2 saturated carbocycles. The van der Waals surface area contributed by atoms with Gasteiger partial charge in [0, 0.05) is 29.4 Å². The van der Waals surface area contributed by atoms with E-state index < -0.39 is 0 Å². The Morgan fingerprint density at radius 3 is 2.60 bits per heavy atom. The van der Waals surface area contributed by atoms with Crippen LogP contribution >= 0.6 is 11.8 Å². The third-order valence-corrected chi connectivity index (χ3v) is 6.27. The lowest BCUT2D eigenvalue weighted by Gasteiger charge is -2.53. The minimum atomic E-state index is 0.297. The van der Waals surface area contributed by atoms with Crippen LogP contribution in [-0.4, -0.2) is 35.8 Å². The zero-order valence-corrected chi connectivity index (χ0v) is 14.8. The van der Waals surface area contributed by atoms with Gasteiger partial charge in [0.2, 0.25) is 0 Å². The van der Waals surface area contributed by atoms with Gasteiger partial charge in [0.1, 0.15) is 0 Å². The van der Waals surface area contributed by atoms with Crippen LogP contribution in [0.1, 0.15) is 60.3 Å². The van der Waals surface area contributed by atoms with E-state index >= 15 is 0 Å². The van der Waals surface area contributed by atoms with Crippen LogP contribution in [0, 0.1) is 11.3 Å². The smallest absolute Gasteiger partial charge is 0.0656 e. The lowest BCUT2D eigenvalue weighted by molar-refractivity contribution is -0.125. The summed E-state index contributed by atoms with van der Waals surface area (Å²) in [6.45, 7) is 12.4. The van der Waals surface area contributed by atoms with E-state index in [4.69, 9.17) is 4.74 Å². The summed E-state index contributed by atoms with van der Waals surface area (Å²) in [4.78, 5) is 0. The van der Waals surface area contributed by atoms with E-state index in [1.165, 1.54) is 31.4 Å². The number of thioether (sulfide) groups is 1. The molecule has 20 heavy (non-hydrogen) atoms. The predicted molar refractivity (Wildman–Crippen MR) is 89.5 cm³/mol. The minimum absolute atomic E-state index is 0.297. The van der Waals surface area contributed by atoms with E-state index in [2.05, 4.69) is 51.7 Å². The van der Waals surface area contributed by atoms with Crippen LogP contribution in [0.4, 0.5) is 0 Å². The van der Waals surface area contributed by atoms with Crippen molar-refractivity contribution in [3.05, 3.63) is 0 Å². The van der Waals surface area contributed by atoms with E-state index in [0.29, 0.717) is 23.5 Å². The molecule has 2 fully saturated rings. The van der Waals surface area contributed by atoms with Gasteiger partial charge in [-0.3, -0.25) is 0 Å². The maximum atomic E-state index is 6.06. The number of ether oxygens (including phenoxy) is 1. The second-order valence-corrected chi connectivity index (χ2v) is 9.16. The SMILES string of the molecule is CCSC1CCC(NC2CC(OCC(C)C)C2(C)C)C1. The molecule has 0 saturated heterocycles. The summed E-state index contributed by atoms with van der Waals surface area (Å²) in [6.07, 6.45) is 5.77. The highest BCUT2D eigenvalue weighted by Crippen LogP contribution is 2.44. The first-order chi connectivity index (χ1) is 9.43. The lowest BCUT2D eigenvalue weighted by Crippen LogP contribution is -2.62. The van der Waals surface area contributed by atoms with Gasteiger partial charge in [0.25, 0.3) is 0 Å². The van der Waals surface area contributed by atoms with Crippen molar-refractivity contribution >= 4 is 11.8 Å². The fourth-order valence-corrected chi connectivity index (χ4v) is 4.67. The quantitative estimate of drug-likeness (QED) is 0.765. The van der Waals surface area contributed by atoms with Crippen molar-refractivity contribution in [1.82, 2.24) is 5.32 Å². The van der Waals surface area contributed by atoms with E-state index in [-0.39, 0.29) is 0 Å². The number of hydrogen-bond acceptors (Lipinski definition) is 3. The van der Waals surface area contributed by atoms with Crippen LogP contribution < -0.4 is 5.32 Å². The van der Waals surface area contributed by atoms with Crippen LogP contribution in [-0.2, 0) is 4.74 Å². The number of hydrogen-bond donors (Lipinski definition) is 1. The maximum Gasteiger partial charge on any atom is 0.0656 e. The molecule has 2 aliphatic carbocycles. The molecule has 0 aromatic heterocycles. The summed E-state index contributed by atoms with van der Waals surface area (Å²) in [5, 5.41) is 4.82. The molecule has 3 heteroatoms. The Bertz CT molecular complexity index is 305. The second-order valence-electron chi connectivity index (χ2n) is 7.58. The molecule has 0 heterocycles. The first kappa shape index (κ1) is 16.6. The van der Waals surface area contributed by atoms with E-state index in [1.54, 1.807) is 0 Å². The Labute approximate surface area is 129 Å². The Hall–Kier alpha value is 0.270. The fourth-order valence-electron chi connectivity index (χ4n) is 3.52. The topological polar surface area (TPSA) is 21.3 Å². The molecule has 0 spiro atoms. The van der Waals surface area contributed by atoms with Crippen LogP contribution in [0.3, 0.4) is 0 Å². The van der Waals surface area contributed by atoms with Gasteiger partial charge in [-0.2, -0.15) is 11.8 Å².